The zero-order valence-electron chi connectivity index (χ0n) is 22.8. The van der Waals surface area contributed by atoms with Crippen LogP contribution in [0.4, 0.5) is 4.39 Å². The first-order chi connectivity index (χ1) is 18.7. The van der Waals surface area contributed by atoms with Gasteiger partial charge in [-0.1, -0.05) is 26.2 Å². The smallest absolute Gasteiger partial charge is 0.246 e. The van der Waals surface area contributed by atoms with Crippen LogP contribution in [0.2, 0.25) is 0 Å². The SMILES string of the molecule is CCC(=O)N(C)[C@@H](C)C(=O)N[C@H](C(=O)N1CCC[C@H]1c1nc(C(=O)c2ccc(F)cc2)cs1)C1CCCCC1. The summed E-state index contributed by atoms with van der Waals surface area (Å²) >= 11 is 1.34. The minimum Gasteiger partial charge on any atom is -0.342 e. The lowest BCUT2D eigenvalue weighted by Gasteiger charge is -2.35. The number of likely N-dealkylation sites (N-methyl/N-ethyl adjacent to an activating group) is 1. The number of likely N-dealkylation sites (tertiary alicyclic amines) is 1. The molecule has 2 aromatic rings. The number of benzene rings is 1. The van der Waals surface area contributed by atoms with Crippen LogP contribution in [0.3, 0.4) is 0 Å². The van der Waals surface area contributed by atoms with Gasteiger partial charge in [0.2, 0.25) is 23.5 Å². The van der Waals surface area contributed by atoms with Crippen molar-refractivity contribution in [2.45, 2.75) is 83.3 Å². The molecule has 0 spiro atoms. The Kier molecular flexibility index (Phi) is 9.48. The number of hydrogen-bond acceptors (Lipinski definition) is 6. The highest BCUT2D eigenvalue weighted by atomic mass is 32.1. The molecule has 1 aromatic carbocycles. The Morgan fingerprint density at radius 1 is 1.10 bits per heavy atom. The molecule has 3 amide bonds. The molecule has 210 valence electrons. The average Bonchev–Trinajstić information content (AvgIpc) is 3.65. The maximum absolute atomic E-state index is 14.0. The topological polar surface area (TPSA) is 99.7 Å². The van der Waals surface area contributed by atoms with Crippen molar-refractivity contribution < 1.29 is 23.6 Å². The van der Waals surface area contributed by atoms with Crippen molar-refractivity contribution in [1.82, 2.24) is 20.1 Å². The maximum atomic E-state index is 14.0. The molecule has 8 nitrogen and oxygen atoms in total. The molecule has 0 radical (unpaired) electrons. The van der Waals surface area contributed by atoms with Crippen molar-refractivity contribution in [3.8, 4) is 0 Å². The summed E-state index contributed by atoms with van der Waals surface area (Å²) in [5.74, 6) is -1.27. The third-order valence-corrected chi connectivity index (χ3v) is 8.97. The van der Waals surface area contributed by atoms with E-state index in [4.69, 9.17) is 0 Å². The van der Waals surface area contributed by atoms with Crippen LogP contribution in [0.15, 0.2) is 29.6 Å². The normalized spacial score (nSPS) is 19.4. The number of nitrogens with one attached hydrogen (secondary N) is 1. The lowest BCUT2D eigenvalue weighted by Crippen LogP contribution is -2.56. The Morgan fingerprint density at radius 2 is 1.79 bits per heavy atom. The van der Waals surface area contributed by atoms with E-state index in [2.05, 4.69) is 10.3 Å². The molecule has 2 aliphatic rings. The summed E-state index contributed by atoms with van der Waals surface area (Å²) < 4.78 is 13.3. The van der Waals surface area contributed by atoms with Crippen LogP contribution < -0.4 is 5.32 Å². The summed E-state index contributed by atoms with van der Waals surface area (Å²) in [6.45, 7) is 3.98. The summed E-state index contributed by atoms with van der Waals surface area (Å²) in [5.41, 5.74) is 0.629. The highest BCUT2D eigenvalue weighted by Crippen LogP contribution is 2.36. The van der Waals surface area contributed by atoms with Crippen molar-refractivity contribution in [1.29, 1.82) is 0 Å². The standard InChI is InChI=1S/C29H37FN4O4S/c1-4-24(35)33(3)18(2)27(37)32-25(19-9-6-5-7-10-19)29(38)34-16-8-11-23(34)28-31-22(17-39-28)26(36)20-12-14-21(30)15-13-20/h12-15,17-19,23,25H,4-11,16H2,1-3H3,(H,32,37)/t18-,23-,25-/m0/s1. The number of amides is 3. The van der Waals surface area contributed by atoms with Crippen LogP contribution in [0, 0.1) is 11.7 Å². The van der Waals surface area contributed by atoms with E-state index in [1.807, 2.05) is 0 Å². The number of carbonyl (C=O) groups excluding carboxylic acids is 4. The summed E-state index contributed by atoms with van der Waals surface area (Å²) in [5, 5.41) is 5.39. The van der Waals surface area contributed by atoms with Gasteiger partial charge in [-0.05, 0) is 62.8 Å². The molecule has 2 heterocycles. The van der Waals surface area contributed by atoms with E-state index < -0.39 is 17.9 Å². The van der Waals surface area contributed by atoms with E-state index in [0.717, 1.165) is 44.9 Å². The Bertz CT molecular complexity index is 1190. The van der Waals surface area contributed by atoms with Crippen molar-refractivity contribution in [2.24, 2.45) is 5.92 Å². The number of rotatable bonds is 9. The third kappa shape index (κ3) is 6.54. The van der Waals surface area contributed by atoms with Crippen molar-refractivity contribution in [3.63, 3.8) is 0 Å². The van der Waals surface area contributed by atoms with Gasteiger partial charge in [0, 0.05) is 31.0 Å². The van der Waals surface area contributed by atoms with E-state index in [1.54, 1.807) is 31.2 Å². The highest BCUT2D eigenvalue weighted by molar-refractivity contribution is 7.10. The second kappa shape index (κ2) is 12.8. The predicted molar refractivity (Wildman–Crippen MR) is 147 cm³/mol. The molecule has 1 N–H and O–H groups in total. The molecule has 0 bridgehead atoms. The van der Waals surface area contributed by atoms with Crippen LogP contribution in [0.25, 0.3) is 0 Å². The monoisotopic (exact) mass is 556 g/mol. The quantitative estimate of drug-likeness (QED) is 0.459. The number of ketones is 1. The number of halogens is 1. The number of nitrogens with zero attached hydrogens (tertiary/aromatic N) is 3. The third-order valence-electron chi connectivity index (χ3n) is 8.02. The van der Waals surface area contributed by atoms with Gasteiger partial charge in [0.15, 0.2) is 0 Å². The lowest BCUT2D eigenvalue weighted by atomic mass is 9.83. The van der Waals surface area contributed by atoms with Gasteiger partial charge in [-0.2, -0.15) is 0 Å². The molecule has 4 rings (SSSR count). The summed E-state index contributed by atoms with van der Waals surface area (Å²) in [7, 11) is 1.61. The van der Waals surface area contributed by atoms with Gasteiger partial charge in [-0.15, -0.1) is 11.3 Å². The maximum Gasteiger partial charge on any atom is 0.246 e. The molecule has 2 fully saturated rings. The van der Waals surface area contributed by atoms with E-state index in [9.17, 15) is 23.6 Å². The van der Waals surface area contributed by atoms with Crippen LogP contribution in [-0.2, 0) is 14.4 Å². The summed E-state index contributed by atoms with van der Waals surface area (Å²) in [4.78, 5) is 60.1. The molecular formula is C29H37FN4O4S. The largest absolute Gasteiger partial charge is 0.342 e. The van der Waals surface area contributed by atoms with Crippen LogP contribution >= 0.6 is 11.3 Å². The fourth-order valence-electron chi connectivity index (χ4n) is 5.52. The van der Waals surface area contributed by atoms with Crippen molar-refractivity contribution in [3.05, 3.63) is 51.7 Å². The molecular weight excluding hydrogens is 519 g/mol. The molecule has 1 saturated heterocycles. The highest BCUT2D eigenvalue weighted by Gasteiger charge is 2.40. The molecule has 0 unspecified atom stereocenters. The first kappa shape index (κ1) is 28.9. The molecule has 1 aliphatic carbocycles. The zero-order valence-corrected chi connectivity index (χ0v) is 23.6. The second-order valence-electron chi connectivity index (χ2n) is 10.5. The van der Waals surface area contributed by atoms with E-state index in [0.29, 0.717) is 23.5 Å². The van der Waals surface area contributed by atoms with Crippen LogP contribution in [0.5, 0.6) is 0 Å². The predicted octanol–water partition coefficient (Wildman–Crippen LogP) is 4.50. The number of carbonyl (C=O) groups is 4. The number of hydrogen-bond donors (Lipinski definition) is 1. The summed E-state index contributed by atoms with van der Waals surface area (Å²) in [6, 6.07) is 3.72. The zero-order chi connectivity index (χ0) is 28.1. The van der Waals surface area contributed by atoms with Gasteiger partial charge in [-0.25, -0.2) is 9.37 Å². The van der Waals surface area contributed by atoms with Crippen LogP contribution in [-0.4, -0.2) is 64.0 Å². The fourth-order valence-corrected chi connectivity index (χ4v) is 6.47. The molecule has 1 saturated carbocycles. The first-order valence-corrected chi connectivity index (χ1v) is 14.7. The molecule has 3 atom stereocenters. The van der Waals surface area contributed by atoms with Gasteiger partial charge in [-0.3, -0.25) is 19.2 Å². The second-order valence-corrected chi connectivity index (χ2v) is 11.4. The Morgan fingerprint density at radius 3 is 2.46 bits per heavy atom. The molecule has 1 aromatic heterocycles. The molecule has 10 heteroatoms. The van der Waals surface area contributed by atoms with Crippen LogP contribution in [0.1, 0.15) is 92.3 Å². The summed E-state index contributed by atoms with van der Waals surface area (Å²) in [6.07, 6.45) is 6.69. The van der Waals surface area contributed by atoms with E-state index >= 15 is 0 Å². The van der Waals surface area contributed by atoms with Gasteiger partial charge in [0.25, 0.3) is 0 Å². The minimum atomic E-state index is -0.690. The van der Waals surface area contributed by atoms with Crippen molar-refractivity contribution >= 4 is 34.8 Å². The fraction of sp³-hybridized carbons (Fsp3) is 0.552. The average molecular weight is 557 g/mol. The molecule has 1 aliphatic heterocycles. The van der Waals surface area contributed by atoms with Crippen molar-refractivity contribution in [2.75, 3.05) is 13.6 Å². The van der Waals surface area contributed by atoms with E-state index in [1.165, 1.54) is 40.5 Å². The minimum absolute atomic E-state index is 0.0303. The van der Waals surface area contributed by atoms with Gasteiger partial charge >= 0.3 is 0 Å². The number of thiazole rings is 1. The van der Waals surface area contributed by atoms with Gasteiger partial charge < -0.3 is 15.1 Å². The Hall–Kier alpha value is -3.14. The Balaban J connectivity index is 1.53. The number of aromatic nitrogens is 1. The first-order valence-electron chi connectivity index (χ1n) is 13.8. The van der Waals surface area contributed by atoms with Gasteiger partial charge in [0.05, 0.1) is 6.04 Å². The van der Waals surface area contributed by atoms with Gasteiger partial charge in [0.1, 0.15) is 28.6 Å². The lowest BCUT2D eigenvalue weighted by molar-refractivity contribution is -0.142. The van der Waals surface area contributed by atoms with E-state index in [-0.39, 0.29) is 41.2 Å². The molecule has 39 heavy (non-hydrogen) atoms. The Labute approximate surface area is 233 Å².